The Bertz CT molecular complexity index is 885. The van der Waals surface area contributed by atoms with E-state index in [1.54, 1.807) is 30.3 Å². The fourth-order valence-electron chi connectivity index (χ4n) is 2.11. The lowest BCUT2D eigenvalue weighted by Gasteiger charge is -2.21. The van der Waals surface area contributed by atoms with E-state index >= 15 is 0 Å². The summed E-state index contributed by atoms with van der Waals surface area (Å²) in [7, 11) is 0. The second-order valence-electron chi connectivity index (χ2n) is 7.06. The lowest BCUT2D eigenvalue weighted by atomic mass is 10.1. The summed E-state index contributed by atoms with van der Waals surface area (Å²) in [6, 6.07) is 14.1. The van der Waals surface area contributed by atoms with Crippen molar-refractivity contribution < 1.29 is 14.5 Å². The molecule has 0 fully saturated rings. The highest BCUT2D eigenvalue weighted by molar-refractivity contribution is 6.05. The van der Waals surface area contributed by atoms with Crippen LogP contribution < -0.4 is 16.2 Å². The van der Waals surface area contributed by atoms with Crippen LogP contribution in [0.2, 0.25) is 0 Å². The molecule has 0 bridgehead atoms. The number of nitro benzene ring substituents is 1. The molecule has 0 aliphatic carbocycles. The van der Waals surface area contributed by atoms with Crippen molar-refractivity contribution in [3.63, 3.8) is 0 Å². The molecule has 28 heavy (non-hydrogen) atoms. The molecule has 0 aromatic heterocycles. The highest BCUT2D eigenvalue weighted by Gasteiger charge is 2.17. The maximum atomic E-state index is 12.6. The monoisotopic (exact) mass is 382 g/mol. The molecule has 2 rings (SSSR count). The molecule has 0 aliphatic rings. The van der Waals surface area contributed by atoms with Crippen LogP contribution in [-0.4, -0.2) is 22.3 Å². The first kappa shape index (κ1) is 20.8. The van der Waals surface area contributed by atoms with Crippen molar-refractivity contribution >= 4 is 23.6 Å². The molecule has 0 unspecified atom stereocenters. The number of non-ortho nitro benzene ring substituents is 1. The summed E-state index contributed by atoms with van der Waals surface area (Å²) in [6.07, 6.45) is 1.45. The second-order valence-corrected chi connectivity index (χ2v) is 7.06. The summed E-state index contributed by atoms with van der Waals surface area (Å²) >= 11 is 0. The Morgan fingerprint density at radius 1 is 1.00 bits per heavy atom. The van der Waals surface area contributed by atoms with E-state index < -0.39 is 16.7 Å². The molecule has 0 heterocycles. The number of benzene rings is 2. The van der Waals surface area contributed by atoms with E-state index in [0.29, 0.717) is 11.1 Å². The zero-order chi connectivity index (χ0) is 20.7. The number of amides is 2. The molecule has 0 spiro atoms. The Kier molecular flexibility index (Phi) is 6.62. The molecule has 0 saturated carbocycles. The fraction of sp³-hybridized carbons (Fsp3) is 0.200. The quantitative estimate of drug-likeness (QED) is 0.404. The van der Waals surface area contributed by atoms with Crippen molar-refractivity contribution in [1.29, 1.82) is 0 Å². The van der Waals surface area contributed by atoms with Crippen molar-refractivity contribution in [2.45, 2.75) is 26.3 Å². The van der Waals surface area contributed by atoms with Gasteiger partial charge in [-0.3, -0.25) is 25.1 Å². The molecule has 0 aliphatic heterocycles. The normalized spacial score (nSPS) is 11.6. The third-order valence-electron chi connectivity index (χ3n) is 3.49. The number of nitro groups is 1. The maximum Gasteiger partial charge on any atom is 0.281 e. The Balaban J connectivity index is 2.27. The SMILES string of the molecule is CC(C)(C)NNC(=O)/C(=C/c1ccc([N+](=O)[O-])cc1)NC(=O)c1ccccc1. The van der Waals surface area contributed by atoms with Gasteiger partial charge in [-0.2, -0.15) is 0 Å². The Morgan fingerprint density at radius 2 is 1.61 bits per heavy atom. The molecule has 146 valence electrons. The van der Waals surface area contributed by atoms with Gasteiger partial charge in [-0.05, 0) is 56.7 Å². The van der Waals surface area contributed by atoms with Crippen LogP contribution in [0.1, 0.15) is 36.7 Å². The Hall–Kier alpha value is -3.52. The van der Waals surface area contributed by atoms with E-state index in [0.717, 1.165) is 0 Å². The predicted molar refractivity (Wildman–Crippen MR) is 106 cm³/mol. The zero-order valence-electron chi connectivity index (χ0n) is 15.9. The second kappa shape index (κ2) is 8.92. The van der Waals surface area contributed by atoms with Crippen LogP contribution >= 0.6 is 0 Å². The van der Waals surface area contributed by atoms with Gasteiger partial charge in [0.25, 0.3) is 17.5 Å². The molecular weight excluding hydrogens is 360 g/mol. The van der Waals surface area contributed by atoms with Crippen LogP contribution in [0.5, 0.6) is 0 Å². The van der Waals surface area contributed by atoms with Gasteiger partial charge in [0.15, 0.2) is 0 Å². The van der Waals surface area contributed by atoms with Crippen LogP contribution in [-0.2, 0) is 4.79 Å². The average Bonchev–Trinajstić information content (AvgIpc) is 2.66. The van der Waals surface area contributed by atoms with E-state index in [1.165, 1.54) is 30.3 Å². The highest BCUT2D eigenvalue weighted by Crippen LogP contribution is 2.14. The first-order valence-electron chi connectivity index (χ1n) is 8.56. The Morgan fingerprint density at radius 3 is 2.14 bits per heavy atom. The van der Waals surface area contributed by atoms with Gasteiger partial charge in [-0.1, -0.05) is 18.2 Å². The first-order valence-corrected chi connectivity index (χ1v) is 8.56. The minimum absolute atomic E-state index is 0.000504. The van der Waals surface area contributed by atoms with Crippen LogP contribution in [0.3, 0.4) is 0 Å². The smallest absolute Gasteiger partial charge is 0.281 e. The van der Waals surface area contributed by atoms with Crippen molar-refractivity contribution in [2.24, 2.45) is 0 Å². The van der Waals surface area contributed by atoms with Gasteiger partial charge in [-0.25, -0.2) is 5.43 Å². The van der Waals surface area contributed by atoms with Gasteiger partial charge in [0, 0.05) is 23.2 Å². The van der Waals surface area contributed by atoms with E-state index in [1.807, 2.05) is 20.8 Å². The maximum absolute atomic E-state index is 12.6. The number of hydrazine groups is 1. The van der Waals surface area contributed by atoms with Gasteiger partial charge in [0.1, 0.15) is 5.70 Å². The molecule has 2 aromatic rings. The largest absolute Gasteiger partial charge is 0.317 e. The number of carbonyl (C=O) groups is 2. The number of hydrogen-bond acceptors (Lipinski definition) is 5. The van der Waals surface area contributed by atoms with Crippen LogP contribution in [0.4, 0.5) is 5.69 Å². The molecule has 0 saturated heterocycles. The van der Waals surface area contributed by atoms with Crippen molar-refractivity contribution in [3.8, 4) is 0 Å². The number of rotatable bonds is 6. The zero-order valence-corrected chi connectivity index (χ0v) is 15.9. The minimum atomic E-state index is -0.544. The summed E-state index contributed by atoms with van der Waals surface area (Å²) in [5.41, 5.74) is 5.88. The van der Waals surface area contributed by atoms with Gasteiger partial charge in [0.05, 0.1) is 4.92 Å². The van der Waals surface area contributed by atoms with Crippen molar-refractivity contribution in [2.75, 3.05) is 0 Å². The van der Waals surface area contributed by atoms with Crippen molar-refractivity contribution in [3.05, 3.63) is 81.5 Å². The molecule has 3 N–H and O–H groups in total. The van der Waals surface area contributed by atoms with Crippen LogP contribution in [0.25, 0.3) is 6.08 Å². The number of hydrogen-bond donors (Lipinski definition) is 3. The van der Waals surface area contributed by atoms with Crippen LogP contribution in [0, 0.1) is 10.1 Å². The summed E-state index contributed by atoms with van der Waals surface area (Å²) in [5.74, 6) is -0.989. The van der Waals surface area contributed by atoms with Gasteiger partial charge < -0.3 is 5.32 Å². The van der Waals surface area contributed by atoms with Crippen LogP contribution in [0.15, 0.2) is 60.3 Å². The molecule has 0 radical (unpaired) electrons. The first-order chi connectivity index (χ1) is 13.2. The summed E-state index contributed by atoms with van der Waals surface area (Å²) < 4.78 is 0. The van der Waals surface area contributed by atoms with Gasteiger partial charge in [-0.15, -0.1) is 0 Å². The lowest BCUT2D eigenvalue weighted by molar-refractivity contribution is -0.384. The third kappa shape index (κ3) is 6.33. The van der Waals surface area contributed by atoms with Gasteiger partial charge in [0.2, 0.25) is 0 Å². The lowest BCUT2D eigenvalue weighted by Crippen LogP contribution is -2.50. The number of nitrogens with one attached hydrogen (secondary N) is 3. The van der Waals surface area contributed by atoms with E-state index in [4.69, 9.17) is 0 Å². The summed E-state index contributed by atoms with van der Waals surface area (Å²) in [4.78, 5) is 35.3. The molecule has 0 atom stereocenters. The van der Waals surface area contributed by atoms with Gasteiger partial charge >= 0.3 is 0 Å². The minimum Gasteiger partial charge on any atom is -0.317 e. The number of carbonyl (C=O) groups excluding carboxylic acids is 2. The molecule has 2 amide bonds. The molecule has 8 heteroatoms. The fourth-order valence-corrected chi connectivity index (χ4v) is 2.11. The number of nitrogens with zero attached hydrogens (tertiary/aromatic N) is 1. The van der Waals surface area contributed by atoms with Crippen molar-refractivity contribution in [1.82, 2.24) is 16.2 Å². The molecule has 2 aromatic carbocycles. The Labute approximate surface area is 162 Å². The molecular formula is C20H22N4O4. The predicted octanol–water partition coefficient (Wildman–Crippen LogP) is 2.79. The average molecular weight is 382 g/mol. The third-order valence-corrected chi connectivity index (χ3v) is 3.49. The van der Waals surface area contributed by atoms with E-state index in [2.05, 4.69) is 16.2 Å². The molecule has 8 nitrogen and oxygen atoms in total. The summed E-state index contributed by atoms with van der Waals surface area (Å²) in [6.45, 7) is 5.61. The standard InChI is InChI=1S/C20H22N4O4/c1-20(2,3)23-22-19(26)17(21-18(25)15-7-5-4-6-8-15)13-14-9-11-16(12-10-14)24(27)28/h4-13,23H,1-3H3,(H,21,25)(H,22,26)/b17-13-. The summed E-state index contributed by atoms with van der Waals surface area (Å²) in [5, 5.41) is 13.4. The van der Waals surface area contributed by atoms with E-state index in [-0.39, 0.29) is 16.9 Å². The van der Waals surface area contributed by atoms with E-state index in [9.17, 15) is 19.7 Å². The topological polar surface area (TPSA) is 113 Å². The highest BCUT2D eigenvalue weighted by atomic mass is 16.6.